The van der Waals surface area contributed by atoms with E-state index < -0.39 is 10.8 Å². The number of benzene rings is 1. The molecule has 3 nitrogen and oxygen atoms in total. The maximum atomic E-state index is 11.9. The molecule has 0 spiro atoms. The monoisotopic (exact) mass is 254 g/mol. The van der Waals surface area contributed by atoms with E-state index in [2.05, 4.69) is 0 Å². The largest absolute Gasteiger partial charge is 0.497 e. The van der Waals surface area contributed by atoms with E-state index in [-0.39, 0.29) is 5.78 Å². The zero-order valence-corrected chi connectivity index (χ0v) is 11.1. The van der Waals surface area contributed by atoms with E-state index in [1.165, 1.54) is 0 Å². The Hall–Kier alpha value is -1.16. The Morgan fingerprint density at radius 2 is 1.94 bits per heavy atom. The first kappa shape index (κ1) is 13.9. The van der Waals surface area contributed by atoms with Crippen LogP contribution in [-0.4, -0.2) is 22.9 Å². The molecule has 0 fully saturated rings. The van der Waals surface area contributed by atoms with Gasteiger partial charge in [-0.05, 0) is 30.7 Å². The van der Waals surface area contributed by atoms with Crippen molar-refractivity contribution in [2.24, 2.45) is 0 Å². The van der Waals surface area contributed by atoms with E-state index in [1.54, 1.807) is 31.4 Å². The standard InChI is InChI=1S/C13H18O3S/c1-3-11(14)5-4-10-17(15)13-8-6-12(16-2)7-9-13/h6-9H,3-5,10H2,1-2H3. The first-order valence-electron chi connectivity index (χ1n) is 5.71. The molecule has 4 heteroatoms. The Bertz CT molecular complexity index is 384. The van der Waals surface area contributed by atoms with Gasteiger partial charge >= 0.3 is 0 Å². The summed E-state index contributed by atoms with van der Waals surface area (Å²) < 4.78 is 16.9. The highest BCUT2D eigenvalue weighted by molar-refractivity contribution is 7.85. The second-order valence-corrected chi connectivity index (χ2v) is 5.29. The van der Waals surface area contributed by atoms with Gasteiger partial charge in [-0.1, -0.05) is 6.92 Å². The molecule has 0 N–H and O–H groups in total. The molecule has 17 heavy (non-hydrogen) atoms. The van der Waals surface area contributed by atoms with Crippen LogP contribution in [0.4, 0.5) is 0 Å². The zero-order chi connectivity index (χ0) is 12.7. The fourth-order valence-corrected chi connectivity index (χ4v) is 2.50. The van der Waals surface area contributed by atoms with Crippen molar-refractivity contribution in [2.75, 3.05) is 12.9 Å². The predicted molar refractivity (Wildman–Crippen MR) is 68.8 cm³/mol. The van der Waals surface area contributed by atoms with Gasteiger partial charge in [-0.25, -0.2) is 0 Å². The highest BCUT2D eigenvalue weighted by Crippen LogP contribution is 2.15. The molecule has 1 rings (SSSR count). The van der Waals surface area contributed by atoms with Crippen molar-refractivity contribution in [2.45, 2.75) is 31.1 Å². The first-order valence-corrected chi connectivity index (χ1v) is 7.03. The Kier molecular flexibility index (Phi) is 5.91. The van der Waals surface area contributed by atoms with Crippen molar-refractivity contribution in [1.29, 1.82) is 0 Å². The van der Waals surface area contributed by atoms with Crippen LogP contribution < -0.4 is 4.74 Å². The van der Waals surface area contributed by atoms with Crippen LogP contribution in [0.15, 0.2) is 29.2 Å². The minimum atomic E-state index is -1.02. The lowest BCUT2D eigenvalue weighted by Crippen LogP contribution is -2.02. The van der Waals surface area contributed by atoms with Gasteiger partial charge in [-0.15, -0.1) is 0 Å². The lowest BCUT2D eigenvalue weighted by molar-refractivity contribution is -0.118. The number of ketones is 1. The maximum Gasteiger partial charge on any atom is 0.132 e. The summed E-state index contributed by atoms with van der Waals surface area (Å²) in [6.45, 7) is 1.85. The molecule has 0 aliphatic carbocycles. The van der Waals surface area contributed by atoms with Crippen LogP contribution in [-0.2, 0) is 15.6 Å². The molecule has 0 aromatic heterocycles. The number of rotatable bonds is 7. The number of methoxy groups -OCH3 is 1. The molecule has 1 aromatic carbocycles. The number of carbonyl (C=O) groups is 1. The molecule has 1 atom stereocenters. The van der Waals surface area contributed by atoms with Crippen LogP contribution in [0.5, 0.6) is 5.75 Å². The Morgan fingerprint density at radius 1 is 1.29 bits per heavy atom. The third-order valence-corrected chi connectivity index (χ3v) is 3.96. The predicted octanol–water partition coefficient (Wildman–Crippen LogP) is 2.56. The van der Waals surface area contributed by atoms with E-state index in [9.17, 15) is 9.00 Å². The van der Waals surface area contributed by atoms with Crippen LogP contribution in [0.25, 0.3) is 0 Å². The van der Waals surface area contributed by atoms with Crippen LogP contribution in [0.1, 0.15) is 26.2 Å². The third-order valence-electron chi connectivity index (χ3n) is 2.50. The summed E-state index contributed by atoms with van der Waals surface area (Å²) in [6, 6.07) is 7.20. The van der Waals surface area contributed by atoms with Crippen molar-refractivity contribution in [3.8, 4) is 5.75 Å². The van der Waals surface area contributed by atoms with E-state index >= 15 is 0 Å². The fraction of sp³-hybridized carbons (Fsp3) is 0.462. The van der Waals surface area contributed by atoms with Crippen LogP contribution in [0.3, 0.4) is 0 Å². The average Bonchev–Trinajstić information content (AvgIpc) is 2.38. The van der Waals surface area contributed by atoms with E-state index in [4.69, 9.17) is 4.74 Å². The number of Topliss-reactive ketones (excluding diaryl/α,β-unsaturated/α-hetero) is 1. The molecular formula is C13H18O3S. The quantitative estimate of drug-likeness (QED) is 0.751. The number of carbonyl (C=O) groups excluding carboxylic acids is 1. The number of hydrogen-bond donors (Lipinski definition) is 0. The maximum absolute atomic E-state index is 11.9. The Balaban J connectivity index is 2.44. The summed E-state index contributed by atoms with van der Waals surface area (Å²) in [5.74, 6) is 1.53. The van der Waals surface area contributed by atoms with Crippen LogP contribution >= 0.6 is 0 Å². The molecule has 1 aromatic rings. The number of ether oxygens (including phenoxy) is 1. The van der Waals surface area contributed by atoms with Gasteiger partial charge < -0.3 is 4.74 Å². The molecule has 0 heterocycles. The highest BCUT2D eigenvalue weighted by Gasteiger charge is 2.05. The fourth-order valence-electron chi connectivity index (χ4n) is 1.42. The van der Waals surface area contributed by atoms with Gasteiger partial charge in [0.05, 0.1) is 17.9 Å². The smallest absolute Gasteiger partial charge is 0.132 e. The summed E-state index contributed by atoms with van der Waals surface area (Å²) in [5.41, 5.74) is 0. The van der Waals surface area contributed by atoms with Crippen molar-refractivity contribution in [3.05, 3.63) is 24.3 Å². The molecular weight excluding hydrogens is 236 g/mol. The van der Waals surface area contributed by atoms with Crippen molar-refractivity contribution >= 4 is 16.6 Å². The molecule has 0 aliphatic rings. The molecule has 0 amide bonds. The van der Waals surface area contributed by atoms with E-state index in [0.29, 0.717) is 25.0 Å². The topological polar surface area (TPSA) is 43.4 Å². The first-order chi connectivity index (χ1) is 8.17. The van der Waals surface area contributed by atoms with Gasteiger partial charge in [0.25, 0.3) is 0 Å². The van der Waals surface area contributed by atoms with Crippen LogP contribution in [0, 0.1) is 0 Å². The zero-order valence-electron chi connectivity index (χ0n) is 10.3. The average molecular weight is 254 g/mol. The van der Waals surface area contributed by atoms with Crippen molar-refractivity contribution < 1.29 is 13.7 Å². The summed E-state index contributed by atoms with van der Waals surface area (Å²) >= 11 is 0. The molecule has 0 bridgehead atoms. The van der Waals surface area contributed by atoms with Gasteiger partial charge in [0.15, 0.2) is 0 Å². The molecule has 0 aliphatic heterocycles. The molecule has 0 saturated carbocycles. The summed E-state index contributed by atoms with van der Waals surface area (Å²) in [4.78, 5) is 11.9. The lowest BCUT2D eigenvalue weighted by atomic mass is 10.2. The summed E-state index contributed by atoms with van der Waals surface area (Å²) in [7, 11) is 0.580. The van der Waals surface area contributed by atoms with Crippen molar-refractivity contribution in [3.63, 3.8) is 0 Å². The van der Waals surface area contributed by atoms with Gasteiger partial charge in [0, 0.05) is 23.5 Å². The van der Waals surface area contributed by atoms with Crippen LogP contribution in [0.2, 0.25) is 0 Å². The Labute approximate surface area is 105 Å². The number of hydrogen-bond acceptors (Lipinski definition) is 3. The minimum Gasteiger partial charge on any atom is -0.497 e. The van der Waals surface area contributed by atoms with E-state index in [1.807, 2.05) is 6.92 Å². The highest BCUT2D eigenvalue weighted by atomic mass is 32.2. The second kappa shape index (κ2) is 7.22. The van der Waals surface area contributed by atoms with Crippen molar-refractivity contribution in [1.82, 2.24) is 0 Å². The lowest BCUT2D eigenvalue weighted by Gasteiger charge is -2.03. The van der Waals surface area contributed by atoms with Gasteiger partial charge in [-0.3, -0.25) is 9.00 Å². The normalized spacial score (nSPS) is 12.1. The second-order valence-electron chi connectivity index (χ2n) is 3.72. The van der Waals surface area contributed by atoms with E-state index in [0.717, 1.165) is 10.6 Å². The molecule has 1 unspecified atom stereocenters. The summed E-state index contributed by atoms with van der Waals surface area (Å²) in [5, 5.41) is 0. The molecule has 0 saturated heterocycles. The molecule has 94 valence electrons. The van der Waals surface area contributed by atoms with Gasteiger partial charge in [-0.2, -0.15) is 0 Å². The third kappa shape index (κ3) is 4.69. The Morgan fingerprint density at radius 3 is 2.47 bits per heavy atom. The SMILES string of the molecule is CCC(=O)CCCS(=O)c1ccc(OC)cc1. The van der Waals surface area contributed by atoms with Gasteiger partial charge in [0.1, 0.15) is 11.5 Å². The van der Waals surface area contributed by atoms with Gasteiger partial charge in [0.2, 0.25) is 0 Å². The molecule has 0 radical (unpaired) electrons. The minimum absolute atomic E-state index is 0.233. The summed E-state index contributed by atoms with van der Waals surface area (Å²) in [6.07, 6.45) is 1.78.